The van der Waals surface area contributed by atoms with Crippen LogP contribution in [-0.4, -0.2) is 24.5 Å². The van der Waals surface area contributed by atoms with Crippen LogP contribution in [0.3, 0.4) is 0 Å². The first-order valence-corrected chi connectivity index (χ1v) is 7.87. The minimum absolute atomic E-state index is 0.258. The van der Waals surface area contributed by atoms with E-state index in [1.54, 1.807) is 19.1 Å². The fourth-order valence-corrected chi connectivity index (χ4v) is 2.31. The maximum atomic E-state index is 14.1. The number of carbonyl (C=O) groups is 2. The minimum Gasteiger partial charge on any atom is -0.451 e. The average molecular weight is 384 g/mol. The van der Waals surface area contributed by atoms with Crippen LogP contribution in [0.25, 0.3) is 0 Å². The monoisotopic (exact) mass is 384 g/mol. The lowest BCUT2D eigenvalue weighted by Crippen LogP contribution is -2.25. The van der Waals surface area contributed by atoms with Gasteiger partial charge in [-0.2, -0.15) is 8.78 Å². The number of halogens is 4. The molecule has 2 aromatic rings. The largest absolute Gasteiger partial charge is 0.451 e. The lowest BCUT2D eigenvalue weighted by Gasteiger charge is -2.15. The molecule has 0 saturated heterocycles. The number of esters is 1. The first-order chi connectivity index (χ1) is 12.6. The molecule has 0 spiro atoms. The molecule has 0 saturated carbocycles. The van der Waals surface area contributed by atoms with Crippen LogP contribution in [0.5, 0.6) is 5.75 Å². The van der Waals surface area contributed by atoms with Crippen LogP contribution in [0.2, 0.25) is 0 Å². The number of aryl methyl sites for hydroxylation is 2. The zero-order valence-electron chi connectivity index (χ0n) is 14.7. The van der Waals surface area contributed by atoms with Crippen LogP contribution in [0, 0.1) is 25.5 Å². The molecule has 4 nitrogen and oxygen atoms in total. The summed E-state index contributed by atoms with van der Waals surface area (Å²) in [6.07, 6.45) is -1.35. The second-order valence-corrected chi connectivity index (χ2v) is 5.82. The molecule has 0 aliphatic carbocycles. The third-order valence-electron chi connectivity index (χ3n) is 3.92. The van der Waals surface area contributed by atoms with Crippen molar-refractivity contribution in [2.45, 2.75) is 33.5 Å². The Balaban J connectivity index is 2.23. The number of benzene rings is 2. The number of ketones is 1. The normalized spacial score (nSPS) is 12.0. The predicted molar refractivity (Wildman–Crippen MR) is 88.1 cm³/mol. The lowest BCUT2D eigenvalue weighted by atomic mass is 10.0. The molecule has 0 amide bonds. The maximum Gasteiger partial charge on any atom is 0.387 e. The van der Waals surface area contributed by atoms with Gasteiger partial charge in [0.2, 0.25) is 5.78 Å². The van der Waals surface area contributed by atoms with Crippen LogP contribution in [-0.2, 0) is 4.74 Å². The van der Waals surface area contributed by atoms with Gasteiger partial charge in [-0.15, -0.1) is 0 Å². The second kappa shape index (κ2) is 8.20. The Labute approximate surface area is 152 Å². The highest BCUT2D eigenvalue weighted by molar-refractivity contribution is 6.01. The molecular weight excluding hydrogens is 368 g/mol. The van der Waals surface area contributed by atoms with E-state index < -0.39 is 47.4 Å². The predicted octanol–water partition coefficient (Wildman–Crippen LogP) is 4.61. The van der Waals surface area contributed by atoms with Gasteiger partial charge in [0.15, 0.2) is 17.7 Å². The lowest BCUT2D eigenvalue weighted by molar-refractivity contribution is -0.0524. The summed E-state index contributed by atoms with van der Waals surface area (Å²) in [6, 6.07) is 6.06. The average Bonchev–Trinajstić information content (AvgIpc) is 2.59. The second-order valence-electron chi connectivity index (χ2n) is 5.82. The molecule has 0 aliphatic rings. The molecule has 0 fully saturated rings. The van der Waals surface area contributed by atoms with Gasteiger partial charge in [0.25, 0.3) is 0 Å². The van der Waals surface area contributed by atoms with Gasteiger partial charge in [-0.3, -0.25) is 4.79 Å². The molecule has 0 aromatic heterocycles. The van der Waals surface area contributed by atoms with Crippen LogP contribution in [0.15, 0.2) is 30.3 Å². The number of carbonyl (C=O) groups excluding carboxylic acids is 2. The molecule has 0 bridgehead atoms. The summed E-state index contributed by atoms with van der Waals surface area (Å²) in [7, 11) is 0. The summed E-state index contributed by atoms with van der Waals surface area (Å²) in [5.41, 5.74) is 0.839. The van der Waals surface area contributed by atoms with Crippen molar-refractivity contribution >= 4 is 11.8 Å². The van der Waals surface area contributed by atoms with Gasteiger partial charge >= 0.3 is 12.6 Å². The zero-order valence-corrected chi connectivity index (χ0v) is 14.7. The van der Waals surface area contributed by atoms with E-state index in [1.807, 2.05) is 6.92 Å². The van der Waals surface area contributed by atoms with Gasteiger partial charge in [0.05, 0.1) is 0 Å². The fraction of sp³-hybridized carbons (Fsp3) is 0.263. The third kappa shape index (κ3) is 4.64. The topological polar surface area (TPSA) is 52.6 Å². The van der Waals surface area contributed by atoms with E-state index in [-0.39, 0.29) is 5.56 Å². The molecule has 2 rings (SSSR count). The summed E-state index contributed by atoms with van der Waals surface area (Å²) in [6.45, 7) is 1.53. The fourth-order valence-electron chi connectivity index (χ4n) is 2.31. The number of rotatable bonds is 6. The van der Waals surface area contributed by atoms with Crippen LogP contribution >= 0.6 is 0 Å². The smallest absolute Gasteiger partial charge is 0.387 e. The SMILES string of the molecule is Cc1ccc(C(=O)C(C)OC(=O)c2c(F)ccc(OC(F)F)c2F)cc1C. The highest BCUT2D eigenvalue weighted by Crippen LogP contribution is 2.26. The Morgan fingerprint density at radius 1 is 1.00 bits per heavy atom. The highest BCUT2D eigenvalue weighted by atomic mass is 19.3. The Kier molecular flexibility index (Phi) is 6.20. The molecule has 0 aliphatic heterocycles. The van der Waals surface area contributed by atoms with Crippen LogP contribution in [0.4, 0.5) is 17.6 Å². The first kappa shape index (κ1) is 20.4. The minimum atomic E-state index is -3.36. The van der Waals surface area contributed by atoms with Gasteiger partial charge in [-0.1, -0.05) is 12.1 Å². The van der Waals surface area contributed by atoms with Crippen molar-refractivity contribution < 1.29 is 36.6 Å². The summed E-state index contributed by atoms with van der Waals surface area (Å²) >= 11 is 0. The molecule has 8 heteroatoms. The summed E-state index contributed by atoms with van der Waals surface area (Å²) in [5, 5.41) is 0. The van der Waals surface area contributed by atoms with Crippen molar-refractivity contribution in [1.29, 1.82) is 0 Å². The van der Waals surface area contributed by atoms with Gasteiger partial charge in [0.1, 0.15) is 11.4 Å². The Bertz CT molecular complexity index is 880. The zero-order chi connectivity index (χ0) is 20.3. The van der Waals surface area contributed by atoms with Crippen LogP contribution < -0.4 is 4.74 Å². The Morgan fingerprint density at radius 2 is 1.67 bits per heavy atom. The molecule has 144 valence electrons. The molecule has 27 heavy (non-hydrogen) atoms. The van der Waals surface area contributed by atoms with Gasteiger partial charge in [-0.25, -0.2) is 13.6 Å². The molecule has 0 heterocycles. The molecule has 2 aromatic carbocycles. The molecule has 1 unspecified atom stereocenters. The van der Waals surface area contributed by atoms with E-state index in [1.165, 1.54) is 13.0 Å². The van der Waals surface area contributed by atoms with Crippen molar-refractivity contribution in [3.63, 3.8) is 0 Å². The Morgan fingerprint density at radius 3 is 2.26 bits per heavy atom. The van der Waals surface area contributed by atoms with E-state index in [0.29, 0.717) is 12.1 Å². The highest BCUT2D eigenvalue weighted by Gasteiger charge is 2.27. The molecular formula is C19H16F4O4. The summed E-state index contributed by atoms with van der Waals surface area (Å²) < 4.78 is 61.2. The van der Waals surface area contributed by atoms with Crippen molar-refractivity contribution in [1.82, 2.24) is 0 Å². The van der Waals surface area contributed by atoms with E-state index >= 15 is 0 Å². The Hall–Kier alpha value is -2.90. The first-order valence-electron chi connectivity index (χ1n) is 7.87. The number of hydrogen-bond acceptors (Lipinski definition) is 4. The van der Waals surface area contributed by atoms with E-state index in [4.69, 9.17) is 4.74 Å². The summed E-state index contributed by atoms with van der Waals surface area (Å²) in [5.74, 6) is -6.05. The number of Topliss-reactive ketones (excluding diaryl/α,β-unsaturated/α-hetero) is 1. The maximum absolute atomic E-state index is 14.1. The van der Waals surface area contributed by atoms with Crippen molar-refractivity contribution in [3.8, 4) is 5.75 Å². The number of ether oxygens (including phenoxy) is 2. The van der Waals surface area contributed by atoms with E-state index in [0.717, 1.165) is 11.1 Å². The molecule has 0 N–H and O–H groups in total. The van der Waals surface area contributed by atoms with Crippen LogP contribution in [0.1, 0.15) is 38.8 Å². The van der Waals surface area contributed by atoms with Gasteiger partial charge in [0, 0.05) is 5.56 Å². The number of hydrogen-bond donors (Lipinski definition) is 0. The number of alkyl halides is 2. The van der Waals surface area contributed by atoms with E-state index in [9.17, 15) is 27.2 Å². The summed E-state index contributed by atoms with van der Waals surface area (Å²) in [4.78, 5) is 24.5. The van der Waals surface area contributed by atoms with Crippen molar-refractivity contribution in [2.75, 3.05) is 0 Å². The third-order valence-corrected chi connectivity index (χ3v) is 3.92. The molecule has 1 atom stereocenters. The van der Waals surface area contributed by atoms with Crippen molar-refractivity contribution in [2.24, 2.45) is 0 Å². The standard InChI is InChI=1S/C19H16F4O4/c1-9-4-5-12(8-10(9)2)17(24)11(3)26-18(25)15-13(20)6-7-14(16(15)21)27-19(22)23/h4-8,11,19H,1-3H3. The molecule has 0 radical (unpaired) electrons. The van der Waals surface area contributed by atoms with Crippen molar-refractivity contribution in [3.05, 3.63) is 64.2 Å². The quantitative estimate of drug-likeness (QED) is 0.415. The van der Waals surface area contributed by atoms with Gasteiger partial charge in [-0.05, 0) is 50.1 Å². The van der Waals surface area contributed by atoms with Gasteiger partial charge < -0.3 is 9.47 Å². The van der Waals surface area contributed by atoms with E-state index in [2.05, 4.69) is 4.74 Å².